The molecule has 3 fully saturated rings. The summed E-state index contributed by atoms with van der Waals surface area (Å²) in [6.45, 7) is 5.58. The molecule has 17 nitrogen and oxygen atoms in total. The third kappa shape index (κ3) is 14.1. The van der Waals surface area contributed by atoms with Crippen LogP contribution in [0.5, 0.6) is 11.5 Å². The second-order valence-corrected chi connectivity index (χ2v) is 19.1. The van der Waals surface area contributed by atoms with Crippen LogP contribution >= 0.6 is 0 Å². The topological polar surface area (TPSA) is 232 Å². The molecule has 3 heterocycles. The van der Waals surface area contributed by atoms with Crippen LogP contribution in [-0.4, -0.2) is 116 Å². The number of aromatic nitrogens is 1. The van der Waals surface area contributed by atoms with Crippen LogP contribution in [0.15, 0.2) is 89.5 Å². The predicted octanol–water partition coefficient (Wildman–Crippen LogP) is 3.85. The standard InChI is InChI=1S/C53H66N6O11/c1-33-25-41(70-59-33)30-46(60)55-34(2)49(63)58-45(29-38-17-21-40(67-5)22-18-38)51(65)57-43(27-36-13-9-10-14-36)48(62)53(32-69-53)23-24-54-44(28-37-15-19-39(66-4)20-16-37)50(64)56-42(47(61)52(3)31-68-52)26-35-11-7-6-8-12-35/h6-8,11-12,15-22,25,34,36,42-45,54H,9-10,13-14,23-24,26-32H2,1-5H3,(H,55,60)(H,56,64)(H,57,65)(H,58,63). The largest absolute Gasteiger partial charge is 0.497 e. The normalized spacial score (nSPS) is 20.5. The van der Waals surface area contributed by atoms with Gasteiger partial charge >= 0.3 is 0 Å². The molecule has 4 amide bonds. The van der Waals surface area contributed by atoms with Gasteiger partial charge in [0.2, 0.25) is 23.6 Å². The fraction of sp³-hybridized carbons (Fsp3) is 0.491. The third-order valence-electron chi connectivity index (χ3n) is 13.5. The van der Waals surface area contributed by atoms with Gasteiger partial charge in [0.15, 0.2) is 17.2 Å². The average Bonchev–Trinajstić information content (AvgIpc) is 4.20. The molecule has 0 bridgehead atoms. The highest BCUT2D eigenvalue weighted by Crippen LogP contribution is 2.36. The van der Waals surface area contributed by atoms with Gasteiger partial charge in [-0.2, -0.15) is 0 Å². The summed E-state index contributed by atoms with van der Waals surface area (Å²) in [5, 5.41) is 18.7. The number of carbonyl (C=O) groups excluding carboxylic acids is 6. The number of ether oxygens (including phenoxy) is 4. The van der Waals surface area contributed by atoms with Gasteiger partial charge in [-0.05, 0) is 99.9 Å². The first kappa shape index (κ1) is 51.4. The Bertz CT molecular complexity index is 2430. The number of carbonyl (C=O) groups is 6. The van der Waals surface area contributed by atoms with Crippen molar-refractivity contribution < 1.29 is 52.2 Å². The molecule has 1 aromatic heterocycles. The molecule has 5 N–H and O–H groups in total. The van der Waals surface area contributed by atoms with Gasteiger partial charge in [-0.3, -0.25) is 28.8 Å². The lowest BCUT2D eigenvalue weighted by Gasteiger charge is -2.28. The Morgan fingerprint density at radius 2 is 1.23 bits per heavy atom. The Balaban J connectivity index is 1.05. The number of aryl methyl sites for hydroxylation is 1. The van der Waals surface area contributed by atoms with Crippen LogP contribution in [0.3, 0.4) is 0 Å². The van der Waals surface area contributed by atoms with Crippen molar-refractivity contribution in [3.05, 3.63) is 113 Å². The zero-order chi connectivity index (χ0) is 49.8. The van der Waals surface area contributed by atoms with Gasteiger partial charge in [0.1, 0.15) is 34.9 Å². The Kier molecular flexibility index (Phi) is 17.2. The highest BCUT2D eigenvalue weighted by Gasteiger charge is 2.54. The molecule has 374 valence electrons. The monoisotopic (exact) mass is 962 g/mol. The van der Waals surface area contributed by atoms with E-state index in [1.54, 1.807) is 58.4 Å². The summed E-state index contributed by atoms with van der Waals surface area (Å²) in [6, 6.07) is 20.9. The van der Waals surface area contributed by atoms with Gasteiger partial charge in [-0.15, -0.1) is 0 Å². The lowest BCUT2D eigenvalue weighted by atomic mass is 9.88. The number of Topliss-reactive ketones (excluding diaryl/α,β-unsaturated/α-hetero) is 2. The number of benzene rings is 3. The van der Waals surface area contributed by atoms with E-state index < -0.39 is 59.1 Å². The number of hydrogen-bond donors (Lipinski definition) is 5. The van der Waals surface area contributed by atoms with E-state index in [4.69, 9.17) is 23.5 Å². The van der Waals surface area contributed by atoms with E-state index in [0.29, 0.717) is 29.4 Å². The van der Waals surface area contributed by atoms with E-state index in [2.05, 4.69) is 31.7 Å². The zero-order valence-corrected chi connectivity index (χ0v) is 40.7. The van der Waals surface area contributed by atoms with Crippen molar-refractivity contribution in [3.8, 4) is 11.5 Å². The van der Waals surface area contributed by atoms with Crippen molar-refractivity contribution in [1.29, 1.82) is 0 Å². The fourth-order valence-electron chi connectivity index (χ4n) is 9.07. The van der Waals surface area contributed by atoms with Gasteiger partial charge in [0.25, 0.3) is 0 Å². The van der Waals surface area contributed by atoms with Crippen LogP contribution in [0.25, 0.3) is 0 Å². The highest BCUT2D eigenvalue weighted by molar-refractivity contribution is 5.99. The van der Waals surface area contributed by atoms with Crippen LogP contribution < -0.4 is 36.1 Å². The van der Waals surface area contributed by atoms with Crippen LogP contribution in [-0.2, 0) is 63.9 Å². The summed E-state index contributed by atoms with van der Waals surface area (Å²) >= 11 is 0. The second-order valence-electron chi connectivity index (χ2n) is 19.1. The van der Waals surface area contributed by atoms with Crippen LogP contribution in [0.4, 0.5) is 0 Å². The van der Waals surface area contributed by atoms with Crippen molar-refractivity contribution >= 4 is 35.2 Å². The summed E-state index contributed by atoms with van der Waals surface area (Å²) in [5.41, 5.74) is 0.877. The van der Waals surface area contributed by atoms with Gasteiger partial charge in [0, 0.05) is 12.5 Å². The van der Waals surface area contributed by atoms with E-state index in [-0.39, 0.29) is 75.3 Å². The molecule has 4 aromatic rings. The van der Waals surface area contributed by atoms with Gasteiger partial charge in [-0.25, -0.2) is 0 Å². The number of methoxy groups -OCH3 is 2. The molecule has 2 aliphatic heterocycles. The maximum absolute atomic E-state index is 14.8. The summed E-state index contributed by atoms with van der Waals surface area (Å²) in [7, 11) is 3.13. The SMILES string of the molecule is COc1ccc(CC(NCCC2(C(=O)C(CC3CCCC3)NC(=O)C(Cc3ccc(OC)cc3)NC(=O)C(C)NC(=O)Cc3cc(C)no3)CO2)C(=O)NC(Cc2ccccc2)C(=O)C2(C)CO2)cc1. The third-order valence-corrected chi connectivity index (χ3v) is 13.5. The molecule has 7 atom stereocenters. The molecule has 7 rings (SSSR count). The molecule has 70 heavy (non-hydrogen) atoms. The lowest BCUT2D eigenvalue weighted by molar-refractivity contribution is -0.134. The molecule has 7 unspecified atom stereocenters. The molecular formula is C53H66N6O11. The summed E-state index contributed by atoms with van der Waals surface area (Å²) in [5.74, 6) is -0.684. The van der Waals surface area contributed by atoms with Crippen molar-refractivity contribution in [2.75, 3.05) is 34.0 Å². The van der Waals surface area contributed by atoms with E-state index in [9.17, 15) is 28.8 Å². The lowest BCUT2D eigenvalue weighted by Crippen LogP contribution is -2.57. The number of nitrogens with zero attached hydrogens (tertiary/aromatic N) is 1. The number of amides is 4. The average molecular weight is 963 g/mol. The van der Waals surface area contributed by atoms with E-state index in [1.165, 1.54) is 6.92 Å². The van der Waals surface area contributed by atoms with Crippen molar-refractivity contribution in [3.63, 3.8) is 0 Å². The maximum atomic E-state index is 14.8. The van der Waals surface area contributed by atoms with Crippen molar-refractivity contribution in [2.24, 2.45) is 5.92 Å². The van der Waals surface area contributed by atoms with Gasteiger partial charge in [-0.1, -0.05) is 85.4 Å². The molecule has 3 aromatic carbocycles. The van der Waals surface area contributed by atoms with E-state index in [0.717, 1.165) is 42.4 Å². The molecule has 3 aliphatic rings. The van der Waals surface area contributed by atoms with Crippen LogP contribution in [0.2, 0.25) is 0 Å². The first-order valence-electron chi connectivity index (χ1n) is 24.2. The molecule has 1 aliphatic carbocycles. The Morgan fingerprint density at radius 3 is 1.79 bits per heavy atom. The molecule has 17 heteroatoms. The smallest absolute Gasteiger partial charge is 0.243 e. The van der Waals surface area contributed by atoms with Gasteiger partial charge in [0.05, 0.1) is 57.7 Å². The number of nitrogens with one attached hydrogen (secondary N) is 5. The van der Waals surface area contributed by atoms with E-state index in [1.807, 2.05) is 54.6 Å². The summed E-state index contributed by atoms with van der Waals surface area (Å²) in [4.78, 5) is 83.9. The minimum atomic E-state index is -1.23. The molecule has 2 saturated heterocycles. The van der Waals surface area contributed by atoms with Crippen molar-refractivity contribution in [1.82, 2.24) is 31.7 Å². The Morgan fingerprint density at radius 1 is 0.686 bits per heavy atom. The zero-order valence-electron chi connectivity index (χ0n) is 40.7. The minimum absolute atomic E-state index is 0.0805. The fourth-order valence-corrected chi connectivity index (χ4v) is 9.07. The summed E-state index contributed by atoms with van der Waals surface area (Å²) in [6.07, 6.45) is 4.95. The molecule has 0 spiro atoms. The first-order chi connectivity index (χ1) is 33.6. The molecule has 0 radical (unpaired) electrons. The first-order valence-corrected chi connectivity index (χ1v) is 24.2. The van der Waals surface area contributed by atoms with Crippen LogP contribution in [0, 0.1) is 12.8 Å². The Hall–Kier alpha value is -6.43. The summed E-state index contributed by atoms with van der Waals surface area (Å²) < 4.78 is 27.3. The van der Waals surface area contributed by atoms with E-state index >= 15 is 0 Å². The van der Waals surface area contributed by atoms with Crippen molar-refractivity contribution in [2.45, 2.75) is 126 Å². The highest BCUT2D eigenvalue weighted by atomic mass is 16.6. The van der Waals surface area contributed by atoms with Gasteiger partial charge < -0.3 is 50.1 Å². The van der Waals surface area contributed by atoms with Crippen LogP contribution in [0.1, 0.15) is 80.5 Å². The Labute approximate surface area is 408 Å². The molecular weight excluding hydrogens is 897 g/mol. The quantitative estimate of drug-likeness (QED) is 0.0536. The second kappa shape index (κ2) is 23.5. The number of hydrogen-bond acceptors (Lipinski definition) is 13. The molecule has 1 saturated carbocycles. The predicted molar refractivity (Wildman–Crippen MR) is 258 cm³/mol. The number of rotatable bonds is 27. The number of ketones is 2. The minimum Gasteiger partial charge on any atom is -0.497 e. The maximum Gasteiger partial charge on any atom is 0.243 e. The number of epoxide rings is 2.